The number of amides is 1. The van der Waals surface area contributed by atoms with E-state index in [1.54, 1.807) is 6.92 Å². The van der Waals surface area contributed by atoms with Gasteiger partial charge < -0.3 is 14.3 Å². The van der Waals surface area contributed by atoms with Crippen LogP contribution in [0, 0.1) is 0 Å². The second kappa shape index (κ2) is 7.15. The molecule has 1 aliphatic carbocycles. The second-order valence-electron chi connectivity index (χ2n) is 6.24. The summed E-state index contributed by atoms with van der Waals surface area (Å²) in [5, 5.41) is 15.9. The summed E-state index contributed by atoms with van der Waals surface area (Å²) in [5.41, 5.74) is 4.47. The molecule has 1 amide bonds. The number of carbonyl (C=O) groups excluding carboxylic acids is 1. The molecule has 0 unspecified atom stereocenters. The van der Waals surface area contributed by atoms with E-state index in [1.807, 2.05) is 36.4 Å². The van der Waals surface area contributed by atoms with Gasteiger partial charge in [-0.3, -0.25) is 0 Å². The number of aromatic carboxylic acids is 1. The highest BCUT2D eigenvalue weighted by Crippen LogP contribution is 2.44. The minimum absolute atomic E-state index is 0.0766. The largest absolute Gasteiger partial charge is 0.474 e. The molecule has 0 bridgehead atoms. The van der Waals surface area contributed by atoms with Crippen molar-refractivity contribution in [1.82, 2.24) is 10.2 Å². The quantitative estimate of drug-likeness (QED) is 0.722. The summed E-state index contributed by atoms with van der Waals surface area (Å²) in [6.45, 7) is 2.04. The molecule has 0 atom stereocenters. The van der Waals surface area contributed by atoms with Crippen LogP contribution in [0.4, 0.5) is 10.8 Å². The third-order valence-electron chi connectivity index (χ3n) is 4.70. The minimum Gasteiger partial charge on any atom is -0.474 e. The number of ether oxygens (including phenoxy) is 1. The van der Waals surface area contributed by atoms with Crippen molar-refractivity contribution in [3.8, 4) is 11.1 Å². The van der Waals surface area contributed by atoms with Gasteiger partial charge in [0.15, 0.2) is 0 Å². The van der Waals surface area contributed by atoms with E-state index in [0.717, 1.165) is 27.2 Å². The van der Waals surface area contributed by atoms with Crippen molar-refractivity contribution in [2.75, 3.05) is 18.1 Å². The molecule has 0 saturated carbocycles. The molecule has 0 fully saturated rings. The van der Waals surface area contributed by atoms with Gasteiger partial charge in [0, 0.05) is 12.5 Å². The Morgan fingerprint density at radius 2 is 1.68 bits per heavy atom. The molecular weight excluding hydrogens is 362 g/mol. The number of rotatable bonds is 5. The van der Waals surface area contributed by atoms with Gasteiger partial charge in [-0.25, -0.2) is 14.5 Å². The lowest BCUT2D eigenvalue weighted by atomic mass is 9.98. The Bertz CT molecular complexity index is 1000. The Morgan fingerprint density at radius 3 is 2.21 bits per heavy atom. The molecule has 142 valence electrons. The molecule has 0 aliphatic heterocycles. The van der Waals surface area contributed by atoms with Crippen LogP contribution in [-0.4, -0.2) is 40.5 Å². The maximum absolute atomic E-state index is 12.6. The van der Waals surface area contributed by atoms with E-state index in [0.29, 0.717) is 0 Å². The van der Waals surface area contributed by atoms with Gasteiger partial charge in [0.1, 0.15) is 6.61 Å². The highest BCUT2D eigenvalue weighted by atomic mass is 16.6. The van der Waals surface area contributed by atoms with Gasteiger partial charge in [0.2, 0.25) is 0 Å². The van der Waals surface area contributed by atoms with Crippen LogP contribution >= 0.6 is 0 Å². The van der Waals surface area contributed by atoms with E-state index >= 15 is 0 Å². The number of carbonyl (C=O) groups is 2. The Hall–Kier alpha value is -3.68. The van der Waals surface area contributed by atoms with Gasteiger partial charge in [-0.1, -0.05) is 58.7 Å². The molecule has 8 nitrogen and oxygen atoms in total. The van der Waals surface area contributed by atoms with Crippen LogP contribution in [0.1, 0.15) is 34.7 Å². The molecule has 3 aromatic rings. The molecule has 0 radical (unpaired) electrons. The standard InChI is InChI=1S/C20H17N3O5/c1-2-23(19-22-21-17(28-19)18(24)25)20(26)27-11-16-14-9-5-3-7-12(14)13-8-4-6-10-15(13)16/h3-10,16H,2,11H2,1H3,(H,24,25). The first-order chi connectivity index (χ1) is 13.6. The SMILES string of the molecule is CCN(C(=O)OCC1c2ccccc2-c2ccccc21)c1nnc(C(=O)O)o1. The second-order valence-corrected chi connectivity index (χ2v) is 6.24. The summed E-state index contributed by atoms with van der Waals surface area (Å²) < 4.78 is 10.5. The van der Waals surface area contributed by atoms with Crippen LogP contribution in [0.5, 0.6) is 0 Å². The van der Waals surface area contributed by atoms with Crippen molar-refractivity contribution >= 4 is 18.1 Å². The summed E-state index contributed by atoms with van der Waals surface area (Å²) in [4.78, 5) is 24.6. The molecule has 8 heteroatoms. The fourth-order valence-electron chi connectivity index (χ4n) is 3.43. The van der Waals surface area contributed by atoms with Crippen molar-refractivity contribution < 1.29 is 23.8 Å². The molecular formula is C20H17N3O5. The maximum atomic E-state index is 12.6. The fraction of sp³-hybridized carbons (Fsp3) is 0.200. The number of nitrogens with zero attached hydrogens (tertiary/aromatic N) is 3. The molecule has 1 aliphatic rings. The predicted octanol–water partition coefficient (Wildman–Crippen LogP) is 3.54. The first-order valence-electron chi connectivity index (χ1n) is 8.79. The van der Waals surface area contributed by atoms with Crippen molar-refractivity contribution in [3.63, 3.8) is 0 Å². The molecule has 28 heavy (non-hydrogen) atoms. The summed E-state index contributed by atoms with van der Waals surface area (Å²) in [7, 11) is 0. The Labute approximate surface area is 160 Å². The molecule has 0 spiro atoms. The average molecular weight is 379 g/mol. The summed E-state index contributed by atoms with van der Waals surface area (Å²) in [6.07, 6.45) is -0.676. The summed E-state index contributed by atoms with van der Waals surface area (Å²) >= 11 is 0. The third-order valence-corrected chi connectivity index (χ3v) is 4.70. The fourth-order valence-corrected chi connectivity index (χ4v) is 3.43. The molecule has 4 rings (SSSR count). The van der Waals surface area contributed by atoms with E-state index < -0.39 is 18.0 Å². The van der Waals surface area contributed by atoms with Crippen molar-refractivity contribution in [2.24, 2.45) is 0 Å². The van der Waals surface area contributed by atoms with Crippen molar-refractivity contribution in [3.05, 3.63) is 65.5 Å². The summed E-state index contributed by atoms with van der Waals surface area (Å²) in [6, 6.07) is 15.9. The normalized spacial score (nSPS) is 12.3. The van der Waals surface area contributed by atoms with Crippen molar-refractivity contribution in [1.29, 1.82) is 0 Å². The van der Waals surface area contributed by atoms with E-state index in [-0.39, 0.29) is 25.1 Å². The first kappa shape index (κ1) is 17.7. The number of hydrogen-bond donors (Lipinski definition) is 1. The molecule has 1 aromatic heterocycles. The van der Waals surface area contributed by atoms with Crippen LogP contribution in [0.25, 0.3) is 11.1 Å². The number of hydrogen-bond acceptors (Lipinski definition) is 6. The van der Waals surface area contributed by atoms with Crippen molar-refractivity contribution in [2.45, 2.75) is 12.8 Å². The number of carboxylic acids is 1. The molecule has 0 saturated heterocycles. The smallest absolute Gasteiger partial charge is 0.417 e. The highest BCUT2D eigenvalue weighted by Gasteiger charge is 2.30. The third kappa shape index (κ3) is 2.98. The lowest BCUT2D eigenvalue weighted by molar-refractivity contribution is 0.0653. The van der Waals surface area contributed by atoms with Crippen LogP contribution < -0.4 is 4.90 Å². The lowest BCUT2D eigenvalue weighted by Gasteiger charge is -2.19. The minimum atomic E-state index is -1.36. The zero-order valence-corrected chi connectivity index (χ0v) is 15.0. The van der Waals surface area contributed by atoms with Gasteiger partial charge in [0.05, 0.1) is 0 Å². The Balaban J connectivity index is 1.53. The van der Waals surface area contributed by atoms with Gasteiger partial charge in [-0.05, 0) is 29.2 Å². The van der Waals surface area contributed by atoms with E-state index in [2.05, 4.69) is 22.3 Å². The monoisotopic (exact) mass is 379 g/mol. The number of anilines is 1. The Morgan fingerprint density at radius 1 is 1.07 bits per heavy atom. The average Bonchev–Trinajstić information content (AvgIpc) is 3.31. The number of carboxylic acid groups (broad SMARTS) is 1. The number of benzene rings is 2. The topological polar surface area (TPSA) is 106 Å². The van der Waals surface area contributed by atoms with E-state index in [9.17, 15) is 9.59 Å². The maximum Gasteiger partial charge on any atom is 0.417 e. The van der Waals surface area contributed by atoms with Crippen LogP contribution in [0.3, 0.4) is 0 Å². The van der Waals surface area contributed by atoms with Crippen LogP contribution in [0.15, 0.2) is 52.9 Å². The van der Waals surface area contributed by atoms with Gasteiger partial charge in [-0.15, -0.1) is 0 Å². The number of fused-ring (bicyclic) bond motifs is 3. The van der Waals surface area contributed by atoms with Gasteiger partial charge >= 0.3 is 24.0 Å². The molecule has 1 heterocycles. The highest BCUT2D eigenvalue weighted by molar-refractivity contribution is 5.86. The van der Waals surface area contributed by atoms with E-state index in [1.165, 1.54) is 0 Å². The summed E-state index contributed by atoms with van der Waals surface area (Å²) in [5.74, 6) is -2.02. The Kier molecular flexibility index (Phi) is 4.52. The van der Waals surface area contributed by atoms with Crippen LogP contribution in [-0.2, 0) is 4.74 Å². The van der Waals surface area contributed by atoms with Gasteiger partial charge in [-0.2, -0.15) is 0 Å². The van der Waals surface area contributed by atoms with Crippen LogP contribution in [0.2, 0.25) is 0 Å². The lowest BCUT2D eigenvalue weighted by Crippen LogP contribution is -2.32. The zero-order chi connectivity index (χ0) is 19.7. The predicted molar refractivity (Wildman–Crippen MR) is 99.3 cm³/mol. The molecule has 2 aromatic carbocycles. The van der Waals surface area contributed by atoms with Gasteiger partial charge in [0.25, 0.3) is 0 Å². The number of aromatic nitrogens is 2. The van der Waals surface area contributed by atoms with E-state index in [4.69, 9.17) is 14.3 Å². The molecule has 1 N–H and O–H groups in total. The first-order valence-corrected chi connectivity index (χ1v) is 8.79. The zero-order valence-electron chi connectivity index (χ0n) is 15.0.